The summed E-state index contributed by atoms with van der Waals surface area (Å²) >= 11 is 5.43. The second-order valence-corrected chi connectivity index (χ2v) is 5.45. The van der Waals surface area contributed by atoms with E-state index >= 15 is 0 Å². The summed E-state index contributed by atoms with van der Waals surface area (Å²) in [5.74, 6) is 2.83. The first-order chi connectivity index (χ1) is 10.1. The van der Waals surface area contributed by atoms with Crippen molar-refractivity contribution in [3.8, 4) is 12.3 Å². The zero-order valence-electron chi connectivity index (χ0n) is 12.4. The van der Waals surface area contributed by atoms with E-state index in [0.29, 0.717) is 5.11 Å². The predicted molar refractivity (Wildman–Crippen MR) is 95.5 cm³/mol. The number of hydrogen-bond acceptors (Lipinski definition) is 1. The zero-order chi connectivity index (χ0) is 15.3. The van der Waals surface area contributed by atoms with Crippen molar-refractivity contribution in [1.29, 1.82) is 0 Å². The molecule has 0 saturated heterocycles. The number of nitrogens with one attached hydrogen (secondary N) is 2. The lowest BCUT2D eigenvalue weighted by Gasteiger charge is -2.28. The fourth-order valence-corrected chi connectivity index (χ4v) is 2.68. The van der Waals surface area contributed by atoms with E-state index in [4.69, 9.17) is 18.6 Å². The molecule has 2 rings (SSSR count). The maximum Gasteiger partial charge on any atom is 0.171 e. The highest BCUT2D eigenvalue weighted by atomic mass is 32.1. The van der Waals surface area contributed by atoms with E-state index in [2.05, 4.69) is 48.6 Å². The number of hydrogen-bond donors (Lipinski definition) is 2. The molecule has 0 saturated carbocycles. The maximum absolute atomic E-state index is 5.66. The molecule has 0 heterocycles. The van der Waals surface area contributed by atoms with E-state index in [9.17, 15) is 0 Å². The lowest BCUT2D eigenvalue weighted by Crippen LogP contribution is -2.48. The first-order valence-electron chi connectivity index (χ1n) is 7.19. The lowest BCUT2D eigenvalue weighted by molar-refractivity contribution is 0.461. The molecular weight excluding hydrogens is 276 g/mol. The van der Waals surface area contributed by atoms with Crippen molar-refractivity contribution in [2.75, 3.05) is 5.32 Å². The van der Waals surface area contributed by atoms with Crippen LogP contribution in [0.4, 0.5) is 5.69 Å². The molecule has 21 heavy (non-hydrogen) atoms. The van der Waals surface area contributed by atoms with Crippen molar-refractivity contribution in [2.24, 2.45) is 0 Å². The molecule has 2 N–H and O–H groups in total. The Kier molecular flexibility index (Phi) is 4.82. The Balaban J connectivity index is 2.21. The minimum Gasteiger partial charge on any atom is -0.346 e. The third-order valence-electron chi connectivity index (χ3n) is 3.87. The van der Waals surface area contributed by atoms with Crippen LogP contribution in [0.5, 0.6) is 0 Å². The molecule has 2 aromatic rings. The Morgan fingerprint density at radius 3 is 2.48 bits per heavy atom. The average Bonchev–Trinajstić information content (AvgIpc) is 2.53. The first-order valence-corrected chi connectivity index (χ1v) is 7.59. The van der Waals surface area contributed by atoms with Gasteiger partial charge in [0.2, 0.25) is 0 Å². The molecule has 0 unspecified atom stereocenters. The fraction of sp³-hybridized carbons (Fsp3) is 0.278. The summed E-state index contributed by atoms with van der Waals surface area (Å²) in [6.07, 6.45) is 7.32. The van der Waals surface area contributed by atoms with Gasteiger partial charge >= 0.3 is 0 Å². The van der Waals surface area contributed by atoms with Gasteiger partial charge in [-0.15, -0.1) is 6.42 Å². The molecule has 0 amide bonds. The minimum atomic E-state index is -0.380. The topological polar surface area (TPSA) is 24.1 Å². The summed E-state index contributed by atoms with van der Waals surface area (Å²) in [6, 6.07) is 14.3. The van der Waals surface area contributed by atoms with Crippen molar-refractivity contribution in [3.63, 3.8) is 0 Å². The molecule has 0 fully saturated rings. The average molecular weight is 296 g/mol. The van der Waals surface area contributed by atoms with Gasteiger partial charge in [-0.3, -0.25) is 0 Å². The Labute approximate surface area is 131 Å². The molecule has 2 aromatic carbocycles. The van der Waals surface area contributed by atoms with Crippen LogP contribution in [0, 0.1) is 12.3 Å². The molecule has 0 spiro atoms. The predicted octanol–water partition coefficient (Wildman–Crippen LogP) is 4.32. The summed E-state index contributed by atoms with van der Waals surface area (Å²) in [7, 11) is 0. The number of terminal acetylenes is 1. The van der Waals surface area contributed by atoms with E-state index in [1.54, 1.807) is 0 Å². The van der Waals surface area contributed by atoms with Crippen LogP contribution < -0.4 is 10.6 Å². The standard InChI is InChI=1S/C18H20N2S/c1-4-18(5-2,6-3)20-17(21)19-16-13-9-11-14-10-7-8-12-15(14)16/h1,7-13H,5-6H2,2-3H3,(H2,19,20,21). The SMILES string of the molecule is C#CC(CC)(CC)NC(=S)Nc1cccc2ccccc12. The van der Waals surface area contributed by atoms with Gasteiger partial charge in [0.25, 0.3) is 0 Å². The highest BCUT2D eigenvalue weighted by Crippen LogP contribution is 2.23. The van der Waals surface area contributed by atoms with Crippen LogP contribution in [0.1, 0.15) is 26.7 Å². The van der Waals surface area contributed by atoms with Crippen LogP contribution in [0.2, 0.25) is 0 Å². The van der Waals surface area contributed by atoms with Crippen molar-refractivity contribution in [3.05, 3.63) is 42.5 Å². The van der Waals surface area contributed by atoms with Gasteiger partial charge in [-0.25, -0.2) is 0 Å². The lowest BCUT2D eigenvalue weighted by atomic mass is 9.94. The van der Waals surface area contributed by atoms with Gasteiger partial charge in [0.1, 0.15) is 0 Å². The van der Waals surface area contributed by atoms with E-state index in [1.165, 1.54) is 5.39 Å². The third kappa shape index (κ3) is 3.34. The van der Waals surface area contributed by atoms with E-state index in [-0.39, 0.29) is 5.54 Å². The van der Waals surface area contributed by atoms with Crippen LogP contribution in [0.3, 0.4) is 0 Å². The van der Waals surface area contributed by atoms with Crippen LogP contribution in [-0.4, -0.2) is 10.7 Å². The highest BCUT2D eigenvalue weighted by Gasteiger charge is 2.23. The molecule has 0 bridgehead atoms. The van der Waals surface area contributed by atoms with Crippen LogP contribution >= 0.6 is 12.2 Å². The van der Waals surface area contributed by atoms with Gasteiger partial charge in [-0.1, -0.05) is 56.2 Å². The Bertz CT molecular complexity index is 676. The Morgan fingerprint density at radius 1 is 1.14 bits per heavy atom. The molecule has 0 atom stereocenters. The molecular formula is C18H20N2S. The molecule has 0 aromatic heterocycles. The molecule has 0 aliphatic carbocycles. The Hall–Kier alpha value is -2.05. The number of benzene rings is 2. The summed E-state index contributed by atoms with van der Waals surface area (Å²) in [6.45, 7) is 4.13. The van der Waals surface area contributed by atoms with Crippen LogP contribution in [-0.2, 0) is 0 Å². The van der Waals surface area contributed by atoms with Gasteiger partial charge in [0.15, 0.2) is 5.11 Å². The number of thiocarbonyl (C=S) groups is 1. The van der Waals surface area contributed by atoms with Gasteiger partial charge in [-0.05, 0) is 36.5 Å². The second kappa shape index (κ2) is 6.60. The summed E-state index contributed by atoms with van der Waals surface area (Å²) < 4.78 is 0. The van der Waals surface area contributed by atoms with Gasteiger partial charge in [-0.2, -0.15) is 0 Å². The molecule has 0 aliphatic heterocycles. The van der Waals surface area contributed by atoms with Crippen molar-refractivity contribution >= 4 is 33.8 Å². The van der Waals surface area contributed by atoms with Crippen molar-refractivity contribution in [1.82, 2.24) is 5.32 Å². The minimum absolute atomic E-state index is 0.380. The highest BCUT2D eigenvalue weighted by molar-refractivity contribution is 7.80. The van der Waals surface area contributed by atoms with Crippen LogP contribution in [0.15, 0.2) is 42.5 Å². The largest absolute Gasteiger partial charge is 0.346 e. The summed E-state index contributed by atoms with van der Waals surface area (Å²) in [5, 5.41) is 9.43. The summed E-state index contributed by atoms with van der Waals surface area (Å²) in [4.78, 5) is 0. The quantitative estimate of drug-likeness (QED) is 0.649. The van der Waals surface area contributed by atoms with Crippen LogP contribution in [0.25, 0.3) is 10.8 Å². The van der Waals surface area contributed by atoms with Gasteiger partial charge in [0, 0.05) is 11.1 Å². The molecule has 0 aliphatic rings. The van der Waals surface area contributed by atoms with Gasteiger partial charge in [0.05, 0.1) is 5.54 Å². The molecule has 3 heteroatoms. The van der Waals surface area contributed by atoms with Crippen molar-refractivity contribution < 1.29 is 0 Å². The molecule has 108 valence electrons. The molecule has 0 radical (unpaired) electrons. The van der Waals surface area contributed by atoms with Crippen molar-refractivity contribution in [2.45, 2.75) is 32.2 Å². The zero-order valence-corrected chi connectivity index (χ0v) is 13.3. The first kappa shape index (κ1) is 15.3. The normalized spacial score (nSPS) is 10.9. The summed E-state index contributed by atoms with van der Waals surface area (Å²) in [5.41, 5.74) is 0.609. The van der Waals surface area contributed by atoms with E-state index in [0.717, 1.165) is 23.9 Å². The number of fused-ring (bicyclic) bond motifs is 1. The maximum atomic E-state index is 5.66. The molecule has 2 nitrogen and oxygen atoms in total. The monoisotopic (exact) mass is 296 g/mol. The number of anilines is 1. The third-order valence-corrected chi connectivity index (χ3v) is 4.08. The Morgan fingerprint density at radius 2 is 1.81 bits per heavy atom. The van der Waals surface area contributed by atoms with Gasteiger partial charge < -0.3 is 10.6 Å². The smallest absolute Gasteiger partial charge is 0.171 e. The fourth-order valence-electron chi connectivity index (χ4n) is 2.37. The second-order valence-electron chi connectivity index (χ2n) is 5.04. The number of rotatable bonds is 4. The van der Waals surface area contributed by atoms with E-state index < -0.39 is 0 Å². The van der Waals surface area contributed by atoms with E-state index in [1.807, 2.05) is 24.3 Å².